The molecule has 312 valence electrons. The minimum absolute atomic E-state index is 0.0634. The largest absolute Gasteiger partial charge is 0.505 e. The van der Waals surface area contributed by atoms with Crippen molar-refractivity contribution in [3.8, 4) is 17.0 Å². The Kier molecular flexibility index (Phi) is 11.3. The number of benzene rings is 1. The van der Waals surface area contributed by atoms with E-state index in [9.17, 15) is 41.9 Å². The molecule has 5 N–H and O–H groups in total. The summed E-state index contributed by atoms with van der Waals surface area (Å²) >= 11 is 0. The number of pyridine rings is 1. The third kappa shape index (κ3) is 8.83. The first-order valence-corrected chi connectivity index (χ1v) is 21.7. The number of aromatic hydroxyl groups is 1. The van der Waals surface area contributed by atoms with Crippen molar-refractivity contribution in [3.05, 3.63) is 60.1 Å². The van der Waals surface area contributed by atoms with E-state index >= 15 is 0 Å². The fourth-order valence-electron chi connectivity index (χ4n) is 8.33. The van der Waals surface area contributed by atoms with Crippen LogP contribution < -0.4 is 20.7 Å². The van der Waals surface area contributed by atoms with E-state index in [1.54, 1.807) is 17.0 Å². The zero-order valence-electron chi connectivity index (χ0n) is 33.0. The third-order valence-electron chi connectivity index (χ3n) is 11.8. The molecule has 4 heterocycles. The van der Waals surface area contributed by atoms with Crippen molar-refractivity contribution in [2.24, 2.45) is 23.2 Å². The van der Waals surface area contributed by atoms with Crippen LogP contribution >= 0.6 is 0 Å². The number of rotatable bonds is 7. The number of hydrogen-bond acceptors (Lipinski definition) is 9. The van der Waals surface area contributed by atoms with Gasteiger partial charge >= 0.3 is 6.03 Å². The summed E-state index contributed by atoms with van der Waals surface area (Å²) in [4.78, 5) is 77.8. The molecule has 2 saturated heterocycles. The topological polar surface area (TPSA) is 207 Å². The average molecular weight is 822 g/mol. The Morgan fingerprint density at radius 3 is 2.53 bits per heavy atom. The zero-order valence-corrected chi connectivity index (χ0v) is 33.8. The number of carbonyl (C=O) groups excluding carboxylic acids is 5. The molecule has 0 unspecified atom stereocenters. The van der Waals surface area contributed by atoms with Crippen molar-refractivity contribution in [1.29, 1.82) is 0 Å². The number of allylic oxidation sites excluding steroid dienone is 1. The summed E-state index contributed by atoms with van der Waals surface area (Å²) in [6.07, 6.45) is 8.01. The van der Waals surface area contributed by atoms with Gasteiger partial charge in [-0.1, -0.05) is 51.8 Å². The van der Waals surface area contributed by atoms with Crippen LogP contribution in [0.25, 0.3) is 11.3 Å². The van der Waals surface area contributed by atoms with Gasteiger partial charge in [0.25, 0.3) is 11.8 Å². The predicted molar refractivity (Wildman–Crippen MR) is 211 cm³/mol. The summed E-state index contributed by atoms with van der Waals surface area (Å²) in [5.41, 5.74) is -1.02. The van der Waals surface area contributed by atoms with Gasteiger partial charge in [-0.05, 0) is 74.3 Å². The number of aromatic nitrogens is 1. The number of likely N-dealkylation sites (tertiary alicyclic amines) is 1. The summed E-state index contributed by atoms with van der Waals surface area (Å²) in [7, 11) is -3.94. The van der Waals surface area contributed by atoms with Crippen molar-refractivity contribution >= 4 is 39.7 Å². The maximum absolute atomic E-state index is 14.7. The first-order valence-electron chi connectivity index (χ1n) is 20.1. The van der Waals surface area contributed by atoms with E-state index in [0.717, 1.165) is 18.9 Å². The molecule has 7 rings (SSSR count). The first-order chi connectivity index (χ1) is 27.5. The fraction of sp³-hybridized carbons (Fsp3) is 0.561. The van der Waals surface area contributed by atoms with Gasteiger partial charge in [0.1, 0.15) is 23.3 Å². The standard InChI is InChI=1S/C41H52FN7O8S/c1-40(2,3)23-43-39(55)45-32-11-8-6-4-5-7-10-26-19-41(26,38(54)47-58(56,57)27-15-16-27)46-35(51)34-28-22-48(20-25(28)21-49(34)37(32)53)36(52)31-13-9-12-30(44-31)24-14-17-33(50)29(42)18-24/h7,9-10,12-14,17-18,25-28,32,34,50H,4-6,8,11,15-16,19-23H2,1-3H3,(H,46,51)(H,47,54)(H2,43,45,55)/b10-7-/t25-,26-,28-,32-,34-,41+/m0/s1. The molecule has 2 saturated carbocycles. The molecule has 58 heavy (non-hydrogen) atoms. The Morgan fingerprint density at radius 2 is 1.81 bits per heavy atom. The lowest BCUT2D eigenvalue weighted by atomic mass is 9.93. The Hall–Kier alpha value is -5.06. The highest BCUT2D eigenvalue weighted by atomic mass is 32.2. The predicted octanol–water partition coefficient (Wildman–Crippen LogP) is 3.21. The number of nitrogens with zero attached hydrogens (tertiary/aromatic N) is 3. The molecule has 1 aromatic carbocycles. The number of nitrogens with one attached hydrogen (secondary N) is 4. The Bertz CT molecular complexity index is 2120. The molecular weight excluding hydrogens is 770 g/mol. The van der Waals surface area contributed by atoms with Gasteiger partial charge in [-0.2, -0.15) is 0 Å². The molecule has 0 radical (unpaired) electrons. The van der Waals surface area contributed by atoms with E-state index < -0.39 is 86.0 Å². The molecule has 3 aliphatic heterocycles. The number of hydrogen-bond donors (Lipinski definition) is 5. The lowest BCUT2D eigenvalue weighted by molar-refractivity contribution is -0.142. The van der Waals surface area contributed by atoms with Crippen molar-refractivity contribution in [1.82, 2.24) is 35.5 Å². The van der Waals surface area contributed by atoms with Crippen LogP contribution in [0.1, 0.15) is 82.6 Å². The van der Waals surface area contributed by atoms with Gasteiger partial charge in [-0.25, -0.2) is 22.6 Å². The van der Waals surface area contributed by atoms with Gasteiger partial charge in [-0.3, -0.25) is 23.9 Å². The van der Waals surface area contributed by atoms with Gasteiger partial charge < -0.3 is 30.9 Å². The van der Waals surface area contributed by atoms with Gasteiger partial charge in [0.2, 0.25) is 21.8 Å². The molecule has 6 amide bonds. The average Bonchev–Trinajstić information content (AvgIpc) is 4.07. The van der Waals surface area contributed by atoms with Crippen LogP contribution in [0.4, 0.5) is 9.18 Å². The van der Waals surface area contributed by atoms with Crippen LogP contribution in [0.2, 0.25) is 0 Å². The van der Waals surface area contributed by atoms with E-state index in [1.165, 1.54) is 23.1 Å². The van der Waals surface area contributed by atoms with Crippen LogP contribution in [0.3, 0.4) is 0 Å². The quantitative estimate of drug-likeness (QED) is 0.260. The number of phenols is 1. The second-order valence-electron chi connectivity index (χ2n) is 17.6. The normalized spacial score (nSPS) is 28.2. The molecule has 2 aromatic rings. The highest BCUT2D eigenvalue weighted by Gasteiger charge is 2.63. The fourth-order valence-corrected chi connectivity index (χ4v) is 9.70. The number of carbonyl (C=O) groups is 5. The number of phenolic OH excluding ortho intramolecular Hbond substituents is 1. The Labute approximate surface area is 337 Å². The Morgan fingerprint density at radius 1 is 1.03 bits per heavy atom. The molecule has 1 aromatic heterocycles. The molecule has 6 atom stereocenters. The lowest BCUT2D eigenvalue weighted by Crippen LogP contribution is -2.60. The van der Waals surface area contributed by atoms with Gasteiger partial charge in [0, 0.05) is 49.5 Å². The molecular formula is C41H52FN7O8S. The summed E-state index contributed by atoms with van der Waals surface area (Å²) in [5, 5.41) is 17.6. The van der Waals surface area contributed by atoms with Crippen LogP contribution in [-0.2, 0) is 24.4 Å². The van der Waals surface area contributed by atoms with Crippen molar-refractivity contribution in [3.63, 3.8) is 0 Å². The summed E-state index contributed by atoms with van der Waals surface area (Å²) in [6.45, 7) is 6.61. The third-order valence-corrected chi connectivity index (χ3v) is 13.6. The maximum atomic E-state index is 14.7. The minimum Gasteiger partial charge on any atom is -0.505 e. The monoisotopic (exact) mass is 821 g/mol. The van der Waals surface area contributed by atoms with Crippen molar-refractivity contribution in [2.45, 2.75) is 95.0 Å². The van der Waals surface area contributed by atoms with E-state index in [0.29, 0.717) is 49.9 Å². The SMILES string of the molecule is CC(C)(C)CNC(=O)N[C@H]1CCCCC/C=C\[C@H]2C[C@@]2(C(=O)NS(=O)(=O)C2CC2)NC(=O)[C@@H]2[C@H]3CN(C(=O)c4cccc(-c5ccc(O)c(F)c5)n4)C[C@H]3CN2C1=O. The molecule has 17 heteroatoms. The maximum Gasteiger partial charge on any atom is 0.315 e. The summed E-state index contributed by atoms with van der Waals surface area (Å²) in [6, 6.07) is 5.94. The molecule has 5 aliphatic rings. The van der Waals surface area contributed by atoms with Gasteiger partial charge in [0.15, 0.2) is 11.6 Å². The van der Waals surface area contributed by atoms with Crippen LogP contribution in [0.15, 0.2) is 48.6 Å². The number of sulfonamides is 1. The van der Waals surface area contributed by atoms with Crippen LogP contribution in [-0.4, -0.2) is 107 Å². The van der Waals surface area contributed by atoms with Crippen LogP contribution in [0.5, 0.6) is 5.75 Å². The highest BCUT2D eigenvalue weighted by molar-refractivity contribution is 7.91. The zero-order chi connectivity index (χ0) is 41.6. The molecule has 0 spiro atoms. The number of amides is 6. The summed E-state index contributed by atoms with van der Waals surface area (Å²) in [5.74, 6) is -5.11. The van der Waals surface area contributed by atoms with Crippen molar-refractivity contribution < 1.29 is 41.9 Å². The van der Waals surface area contributed by atoms with E-state index in [2.05, 4.69) is 25.7 Å². The smallest absolute Gasteiger partial charge is 0.315 e. The number of fused-ring (bicyclic) bond motifs is 4. The second kappa shape index (κ2) is 15.9. The molecule has 0 bridgehead atoms. The first kappa shape index (κ1) is 41.1. The molecule has 2 aliphatic carbocycles. The highest BCUT2D eigenvalue weighted by Crippen LogP contribution is 2.47. The van der Waals surface area contributed by atoms with Crippen molar-refractivity contribution in [2.75, 3.05) is 26.2 Å². The van der Waals surface area contributed by atoms with E-state index in [1.807, 2.05) is 32.9 Å². The van der Waals surface area contributed by atoms with E-state index in [4.69, 9.17) is 0 Å². The summed E-state index contributed by atoms with van der Waals surface area (Å²) < 4.78 is 42.2. The molecule has 15 nitrogen and oxygen atoms in total. The number of halogens is 1. The van der Waals surface area contributed by atoms with Crippen LogP contribution in [0, 0.1) is 29.0 Å². The van der Waals surface area contributed by atoms with Gasteiger partial charge in [0.05, 0.1) is 10.9 Å². The molecule has 4 fully saturated rings. The Balaban J connectivity index is 1.17. The lowest BCUT2D eigenvalue weighted by Gasteiger charge is -2.33. The van der Waals surface area contributed by atoms with Gasteiger partial charge in [-0.15, -0.1) is 0 Å². The number of urea groups is 1. The van der Waals surface area contributed by atoms with E-state index in [-0.39, 0.29) is 43.1 Å². The second-order valence-corrected chi connectivity index (χ2v) is 19.6. The minimum atomic E-state index is -3.94.